The number of halogens is 8. The highest BCUT2D eigenvalue weighted by Crippen LogP contribution is 2.45. The summed E-state index contributed by atoms with van der Waals surface area (Å²) in [6.07, 6.45) is -3.60. The number of fused-ring (bicyclic) bond motifs is 3. The predicted molar refractivity (Wildman–Crippen MR) is 329 cm³/mol. The smallest absolute Gasteiger partial charge is 0.338 e. The van der Waals surface area contributed by atoms with Crippen LogP contribution in [0.4, 0.5) is 46.5 Å². The van der Waals surface area contributed by atoms with E-state index in [1.807, 2.05) is 13.8 Å². The van der Waals surface area contributed by atoms with Crippen LogP contribution in [0.25, 0.3) is 0 Å². The van der Waals surface area contributed by atoms with Gasteiger partial charge in [0.05, 0.1) is 55.0 Å². The number of phenols is 1. The van der Waals surface area contributed by atoms with Gasteiger partial charge in [-0.05, 0) is 149 Å². The first kappa shape index (κ1) is 76.6. The van der Waals surface area contributed by atoms with E-state index < -0.39 is 83.0 Å². The number of benzene rings is 4. The van der Waals surface area contributed by atoms with E-state index in [9.17, 15) is 68.7 Å². The van der Waals surface area contributed by atoms with Gasteiger partial charge in [-0.1, -0.05) is 19.3 Å². The lowest BCUT2D eigenvalue weighted by molar-refractivity contribution is -0.133. The van der Waals surface area contributed by atoms with E-state index in [-0.39, 0.29) is 92.6 Å². The van der Waals surface area contributed by atoms with Crippen molar-refractivity contribution < 1.29 is 112 Å². The van der Waals surface area contributed by atoms with Gasteiger partial charge < -0.3 is 57.7 Å². The molecule has 3 aliphatic heterocycles. The quantitative estimate of drug-likeness (QED) is 0.0376. The zero-order chi connectivity index (χ0) is 70.3. The van der Waals surface area contributed by atoms with Crippen LogP contribution < -0.4 is 24.0 Å². The van der Waals surface area contributed by atoms with Crippen molar-refractivity contribution >= 4 is 52.8 Å². The predicted octanol–water partition coefficient (Wildman–Crippen LogP) is 13.9. The van der Waals surface area contributed by atoms with Crippen LogP contribution in [0.3, 0.4) is 0 Å². The topological polar surface area (TPSA) is 223 Å². The lowest BCUT2D eigenvalue weighted by atomic mass is 9.90. The summed E-state index contributed by atoms with van der Waals surface area (Å²) < 4.78 is 146. The summed E-state index contributed by atoms with van der Waals surface area (Å²) in [7, 11) is 6.54. The van der Waals surface area contributed by atoms with Crippen LogP contribution in [0.15, 0.2) is 54.6 Å². The van der Waals surface area contributed by atoms with Gasteiger partial charge in [-0.25, -0.2) is 49.5 Å². The first-order chi connectivity index (χ1) is 44.1. The van der Waals surface area contributed by atoms with E-state index >= 15 is 0 Å². The Morgan fingerprint density at radius 3 is 1.35 bits per heavy atom. The standard InChI is InChI=1S/C26H38F2N2O4.C18H23F2NO5.C14H14F2O4.C9H8F2O3/c1-17(2)30(18-11-7-6-8-12-18)24(31)20-15-21-22(16-19(20)23(27)28)34-26(3,4)25(32)29(21)13-9-10-14-33-5;1-18(2)17(23)21(7-5-6-8-24-3)13-9-12(16(22)25-4)11(15(19)20)10-14(13)26-18;1-14(2)11(17)5-7-4-9(13(18)19-3)8(12(15)16)6-10(7)20-14;1-14-9(13)6-3-2-5(12)4-7(6)8(10)11/h15-18,23H,6-14H2,1-5H3;9-10,15H,5-8H2,1-4H3;4,6,12H,5H2,1-3H3;2-4,8,12H,1H3. The number of anilines is 2. The molecule has 27 heteroatoms. The summed E-state index contributed by atoms with van der Waals surface area (Å²) >= 11 is 0. The van der Waals surface area contributed by atoms with Crippen LogP contribution in [0.5, 0.6) is 23.0 Å². The normalized spacial score (nSPS) is 16.0. The number of unbranched alkanes of at least 4 members (excludes halogenated alkanes) is 2. The molecule has 0 bridgehead atoms. The van der Waals surface area contributed by atoms with Gasteiger partial charge in [-0.3, -0.25) is 19.2 Å². The van der Waals surface area contributed by atoms with E-state index in [1.165, 1.54) is 29.2 Å². The number of ether oxygens (including phenoxy) is 8. The molecule has 4 aromatic carbocycles. The van der Waals surface area contributed by atoms with E-state index in [1.54, 1.807) is 65.6 Å². The molecule has 94 heavy (non-hydrogen) atoms. The number of aromatic hydroxyl groups is 1. The molecule has 1 fully saturated rings. The molecule has 1 saturated carbocycles. The van der Waals surface area contributed by atoms with Gasteiger partial charge >= 0.3 is 17.9 Å². The first-order valence-electron chi connectivity index (χ1n) is 30.4. The Morgan fingerprint density at radius 2 is 0.926 bits per heavy atom. The van der Waals surface area contributed by atoms with E-state index in [0.717, 1.165) is 96.6 Å². The third-order valence-corrected chi connectivity index (χ3v) is 15.9. The van der Waals surface area contributed by atoms with Crippen LogP contribution in [0, 0.1) is 0 Å². The number of hydrogen-bond donors (Lipinski definition) is 1. The molecular weight excluding hydrogens is 1250 g/mol. The number of amides is 3. The summed E-state index contributed by atoms with van der Waals surface area (Å²) in [5.74, 6) is -3.49. The number of rotatable bonds is 20. The number of carbonyl (C=O) groups excluding carboxylic acids is 7. The van der Waals surface area contributed by atoms with Crippen molar-refractivity contribution in [2.24, 2.45) is 0 Å². The second kappa shape index (κ2) is 33.4. The highest BCUT2D eigenvalue weighted by Gasteiger charge is 2.45. The molecule has 8 rings (SSSR count). The lowest BCUT2D eigenvalue weighted by Gasteiger charge is -2.40. The van der Waals surface area contributed by atoms with Crippen LogP contribution in [0.1, 0.15) is 208 Å². The summed E-state index contributed by atoms with van der Waals surface area (Å²) in [4.78, 5) is 90.8. The molecule has 0 atom stereocenters. The molecule has 19 nitrogen and oxygen atoms in total. The van der Waals surface area contributed by atoms with Gasteiger partial charge in [-0.15, -0.1) is 0 Å². The number of hydrogen-bond acceptors (Lipinski definition) is 16. The average molecular weight is 1340 g/mol. The number of phenolic OH excluding ortho intramolecular Hbond substituents is 1. The molecule has 1 N–H and O–H groups in total. The summed E-state index contributed by atoms with van der Waals surface area (Å²) in [6.45, 7) is 15.3. The number of ketones is 1. The number of Topliss-reactive ketones (excluding diaryl/α,β-unsaturated/α-hetero) is 1. The number of esters is 3. The van der Waals surface area contributed by atoms with Crippen LogP contribution in [0.2, 0.25) is 0 Å². The molecule has 3 amide bonds. The highest BCUT2D eigenvalue weighted by atomic mass is 19.3. The van der Waals surface area contributed by atoms with Crippen molar-refractivity contribution in [1.82, 2.24) is 4.90 Å². The van der Waals surface area contributed by atoms with Gasteiger partial charge in [0, 0.05) is 86.8 Å². The lowest BCUT2D eigenvalue weighted by Crippen LogP contribution is -2.53. The molecule has 3 heterocycles. The summed E-state index contributed by atoms with van der Waals surface area (Å²) in [5.41, 5.74) is -4.99. The number of methoxy groups -OCH3 is 5. The van der Waals surface area contributed by atoms with Gasteiger partial charge in [0.15, 0.2) is 22.6 Å². The van der Waals surface area contributed by atoms with Gasteiger partial charge in [0.25, 0.3) is 43.4 Å². The van der Waals surface area contributed by atoms with E-state index in [4.69, 9.17) is 28.8 Å². The molecule has 1 aliphatic carbocycles. The fourth-order valence-corrected chi connectivity index (χ4v) is 11.0. The Balaban J connectivity index is 0.000000238. The summed E-state index contributed by atoms with van der Waals surface area (Å²) in [5, 5.41) is 8.96. The second-order valence-corrected chi connectivity index (χ2v) is 24.2. The molecule has 4 aliphatic rings. The Hall–Kier alpha value is -8.07. The molecule has 0 unspecified atom stereocenters. The van der Waals surface area contributed by atoms with Crippen molar-refractivity contribution in [2.75, 3.05) is 71.7 Å². The molecule has 4 aromatic rings. The van der Waals surface area contributed by atoms with Gasteiger partial charge in [0.2, 0.25) is 0 Å². The molecule has 0 spiro atoms. The number of nitrogens with zero attached hydrogens (tertiary/aromatic N) is 3. The SMILES string of the molecule is COC(=O)c1cc2c(cc1C(F)F)OC(C)(C)C(=O)C2.COC(=O)c1ccc(O)cc1C(F)F.COCCCCN1C(=O)C(C)(C)Oc2cc(C(F)F)c(C(=O)N(C(C)C)C3CCCCC3)cc21.COCCCCN1C(=O)C(C)(C)Oc2cc(C(F)F)c(C(=O)OC)cc21. The minimum absolute atomic E-state index is 0.0322. The van der Waals surface area contributed by atoms with Crippen LogP contribution >= 0.6 is 0 Å². The van der Waals surface area contributed by atoms with Crippen LogP contribution in [-0.4, -0.2) is 142 Å². The fraction of sp³-hybridized carbons (Fsp3) is 0.537. The molecule has 0 saturated heterocycles. The van der Waals surface area contributed by atoms with Crippen molar-refractivity contribution in [3.63, 3.8) is 0 Å². The number of alkyl halides is 8. The molecular formula is C67H83F8N3O16. The third-order valence-electron chi connectivity index (χ3n) is 15.9. The molecule has 0 aromatic heterocycles. The highest BCUT2D eigenvalue weighted by molar-refractivity contribution is 6.06. The van der Waals surface area contributed by atoms with Gasteiger partial charge in [-0.2, -0.15) is 0 Å². The van der Waals surface area contributed by atoms with Crippen molar-refractivity contribution in [2.45, 2.75) is 174 Å². The average Bonchev–Trinajstić information content (AvgIpc) is 0.762. The first-order valence-corrected chi connectivity index (χ1v) is 30.4. The Bertz CT molecular complexity index is 3350. The third kappa shape index (κ3) is 18.6. The maximum atomic E-state index is 14.2. The minimum atomic E-state index is -2.88. The van der Waals surface area contributed by atoms with E-state index in [0.29, 0.717) is 50.4 Å². The number of carbonyl (C=O) groups is 7. The largest absolute Gasteiger partial charge is 0.508 e. The maximum absolute atomic E-state index is 14.2. The zero-order valence-electron chi connectivity index (χ0n) is 55.0. The molecule has 0 radical (unpaired) electrons. The Labute approximate surface area is 541 Å². The van der Waals surface area contributed by atoms with Crippen molar-refractivity contribution in [3.05, 3.63) is 105 Å². The van der Waals surface area contributed by atoms with Crippen molar-refractivity contribution in [1.29, 1.82) is 0 Å². The van der Waals surface area contributed by atoms with Crippen molar-refractivity contribution in [3.8, 4) is 23.0 Å². The second-order valence-electron chi connectivity index (χ2n) is 24.2. The van der Waals surface area contributed by atoms with E-state index in [2.05, 4.69) is 14.2 Å². The fourth-order valence-electron chi connectivity index (χ4n) is 11.0. The summed E-state index contributed by atoms with van der Waals surface area (Å²) in [6, 6.07) is 10.4. The monoisotopic (exact) mass is 1340 g/mol. The Kier molecular flexibility index (Phi) is 27.2. The zero-order valence-corrected chi connectivity index (χ0v) is 55.0. The van der Waals surface area contributed by atoms with Gasteiger partial charge in [0.1, 0.15) is 23.0 Å². The Morgan fingerprint density at radius 1 is 0.532 bits per heavy atom. The van der Waals surface area contributed by atoms with Crippen LogP contribution in [-0.2, 0) is 44.5 Å². The maximum Gasteiger partial charge on any atom is 0.338 e. The minimum Gasteiger partial charge on any atom is -0.508 e. The molecule has 518 valence electrons.